The molecule has 134 valence electrons. The zero-order chi connectivity index (χ0) is 19.0. The Morgan fingerprint density at radius 2 is 1.59 bits per heavy atom. The molecular weight excluding hydrogens is 359 g/mol. The average Bonchev–Trinajstić information content (AvgIpc) is 2.79. The Balaban J connectivity index is 1.90. The molecule has 3 heteroatoms. The average molecular weight is 377 g/mol. The maximum Gasteiger partial charge on any atom is 0.153 e. The number of allylic oxidation sites excluding steroid dienone is 2. The monoisotopic (exact) mass is 376 g/mol. The molecule has 0 aliphatic carbocycles. The van der Waals surface area contributed by atoms with Crippen LogP contribution in [-0.2, 0) is 0 Å². The molecule has 0 radical (unpaired) electrons. The molecule has 0 unspecified atom stereocenters. The number of benzene rings is 3. The van der Waals surface area contributed by atoms with Crippen LogP contribution in [0, 0.1) is 12.7 Å². The third-order valence-corrected chi connectivity index (χ3v) is 5.20. The van der Waals surface area contributed by atoms with E-state index in [0.717, 1.165) is 33.6 Å². The largest absolute Gasteiger partial charge is 0.455 e. The first kappa shape index (κ1) is 17.6. The van der Waals surface area contributed by atoms with Gasteiger partial charge in [-0.15, -0.1) is 0 Å². The topological polar surface area (TPSA) is 9.23 Å². The highest BCUT2D eigenvalue weighted by Gasteiger charge is 2.29. The van der Waals surface area contributed by atoms with Gasteiger partial charge in [-0.2, -0.15) is 0 Å². The van der Waals surface area contributed by atoms with E-state index >= 15 is 0 Å². The summed E-state index contributed by atoms with van der Waals surface area (Å²) in [6.45, 7) is 6.30. The number of hydrogen-bond donors (Lipinski definition) is 0. The van der Waals surface area contributed by atoms with Crippen LogP contribution in [0.2, 0.25) is 0 Å². The van der Waals surface area contributed by atoms with E-state index < -0.39 is 0 Å². The zero-order valence-corrected chi connectivity index (χ0v) is 15.6. The molecule has 0 saturated carbocycles. The molecule has 1 atom stereocenters. The highest BCUT2D eigenvalue weighted by Crippen LogP contribution is 2.46. The molecule has 0 fully saturated rings. The molecule has 1 aliphatic heterocycles. The lowest BCUT2D eigenvalue weighted by molar-refractivity contribution is 0.510. The minimum Gasteiger partial charge on any atom is -0.455 e. The predicted molar refractivity (Wildman–Crippen MR) is 108 cm³/mol. The van der Waals surface area contributed by atoms with Crippen LogP contribution in [0.15, 0.2) is 90.0 Å². The number of halogens is 2. The number of aryl methyl sites for hydroxylation is 1. The number of fused-ring (bicyclic) bond motifs is 1. The summed E-state index contributed by atoms with van der Waals surface area (Å²) in [6, 6.07) is 22.3. The Hall–Kier alpha value is -2.84. The second-order valence-electron chi connectivity index (χ2n) is 6.66. The van der Waals surface area contributed by atoms with Crippen LogP contribution in [-0.4, -0.2) is 0 Å². The number of ether oxygens (including phenoxy) is 1. The lowest BCUT2D eigenvalue weighted by atomic mass is 9.85. The summed E-state index contributed by atoms with van der Waals surface area (Å²) < 4.78 is 19.7. The Morgan fingerprint density at radius 1 is 0.926 bits per heavy atom. The van der Waals surface area contributed by atoms with Crippen LogP contribution in [0.5, 0.6) is 5.75 Å². The Morgan fingerprint density at radius 3 is 2.30 bits per heavy atom. The van der Waals surface area contributed by atoms with E-state index in [1.54, 1.807) is 12.1 Å². The minimum absolute atomic E-state index is 0.211. The summed E-state index contributed by atoms with van der Waals surface area (Å²) >= 11 is 6.76. The van der Waals surface area contributed by atoms with E-state index in [0.29, 0.717) is 10.8 Å². The van der Waals surface area contributed by atoms with E-state index in [1.165, 1.54) is 12.1 Å². The maximum absolute atomic E-state index is 13.4. The molecule has 1 aliphatic rings. The number of para-hydroxylation sites is 1. The summed E-state index contributed by atoms with van der Waals surface area (Å²) in [5.41, 5.74) is 4.65. The highest BCUT2D eigenvalue weighted by molar-refractivity contribution is 6.35. The van der Waals surface area contributed by atoms with Gasteiger partial charge in [-0.3, -0.25) is 0 Å². The van der Waals surface area contributed by atoms with Gasteiger partial charge in [-0.1, -0.05) is 78.3 Å². The van der Waals surface area contributed by atoms with Crippen molar-refractivity contribution >= 4 is 17.4 Å². The van der Waals surface area contributed by atoms with Crippen molar-refractivity contribution in [2.75, 3.05) is 0 Å². The Labute approximate surface area is 163 Å². The van der Waals surface area contributed by atoms with Gasteiger partial charge in [0.2, 0.25) is 0 Å². The second-order valence-corrected chi connectivity index (χ2v) is 7.04. The van der Waals surface area contributed by atoms with E-state index in [4.69, 9.17) is 16.3 Å². The van der Waals surface area contributed by atoms with Crippen molar-refractivity contribution in [1.82, 2.24) is 0 Å². The molecule has 4 rings (SSSR count). The Bertz CT molecular complexity index is 1030. The molecule has 1 heterocycles. The van der Waals surface area contributed by atoms with Crippen molar-refractivity contribution in [2.45, 2.75) is 12.8 Å². The van der Waals surface area contributed by atoms with Crippen LogP contribution in [0.4, 0.5) is 4.39 Å². The van der Waals surface area contributed by atoms with Gasteiger partial charge in [-0.25, -0.2) is 4.39 Å². The van der Waals surface area contributed by atoms with E-state index in [9.17, 15) is 4.39 Å². The maximum atomic E-state index is 13.4. The Kier molecular flexibility index (Phi) is 4.59. The molecule has 3 aromatic carbocycles. The molecule has 0 spiro atoms. The first-order valence-electron chi connectivity index (χ1n) is 8.73. The van der Waals surface area contributed by atoms with Gasteiger partial charge in [0.15, 0.2) is 5.76 Å². The van der Waals surface area contributed by atoms with Gasteiger partial charge in [0, 0.05) is 17.0 Å². The van der Waals surface area contributed by atoms with Crippen LogP contribution in [0.25, 0.3) is 5.76 Å². The lowest BCUT2D eigenvalue weighted by Crippen LogP contribution is -2.04. The standard InChI is InChI=1S/C24H18ClFO/c1-15-7-9-18(10-8-15)24-23(25)16(2)22(17-11-13-19(26)14-12-17)20-5-3-4-6-21(20)27-24/h3-14,22H,2H2,1H3/t22-/m0/s1. The van der Waals surface area contributed by atoms with Crippen molar-refractivity contribution in [3.05, 3.63) is 118 Å². The van der Waals surface area contributed by atoms with Crippen molar-refractivity contribution in [1.29, 1.82) is 0 Å². The van der Waals surface area contributed by atoms with Crippen molar-refractivity contribution in [3.63, 3.8) is 0 Å². The smallest absolute Gasteiger partial charge is 0.153 e. The van der Waals surface area contributed by atoms with E-state index in [-0.39, 0.29) is 11.7 Å². The molecule has 0 saturated heterocycles. The summed E-state index contributed by atoms with van der Waals surface area (Å²) in [4.78, 5) is 0. The van der Waals surface area contributed by atoms with Crippen molar-refractivity contribution in [2.24, 2.45) is 0 Å². The van der Waals surface area contributed by atoms with Crippen molar-refractivity contribution < 1.29 is 9.13 Å². The van der Waals surface area contributed by atoms with E-state index in [2.05, 4.69) is 6.58 Å². The normalized spacial score (nSPS) is 16.6. The molecule has 3 aromatic rings. The summed E-state index contributed by atoms with van der Waals surface area (Å²) in [6.07, 6.45) is 0. The van der Waals surface area contributed by atoms with Gasteiger partial charge in [-0.05, 0) is 36.3 Å². The van der Waals surface area contributed by atoms with Gasteiger partial charge >= 0.3 is 0 Å². The van der Waals surface area contributed by atoms with E-state index in [1.807, 2.05) is 55.5 Å². The zero-order valence-electron chi connectivity index (χ0n) is 14.9. The first-order chi connectivity index (χ1) is 13.0. The molecule has 0 N–H and O–H groups in total. The fourth-order valence-corrected chi connectivity index (χ4v) is 3.61. The van der Waals surface area contributed by atoms with Gasteiger partial charge in [0.05, 0.1) is 5.03 Å². The SMILES string of the molecule is C=C1C(Cl)=C(c2ccc(C)cc2)Oc2ccccc2[C@@H]1c1ccc(F)cc1. The molecule has 1 nitrogen and oxygen atoms in total. The van der Waals surface area contributed by atoms with Gasteiger partial charge in [0.1, 0.15) is 11.6 Å². The molecule has 27 heavy (non-hydrogen) atoms. The summed E-state index contributed by atoms with van der Waals surface area (Å²) in [5.74, 6) is 0.819. The summed E-state index contributed by atoms with van der Waals surface area (Å²) in [5, 5.41) is 0.476. The van der Waals surface area contributed by atoms with Crippen LogP contribution in [0.1, 0.15) is 28.2 Å². The van der Waals surface area contributed by atoms with Crippen LogP contribution < -0.4 is 4.74 Å². The van der Waals surface area contributed by atoms with Crippen molar-refractivity contribution in [3.8, 4) is 5.75 Å². The van der Waals surface area contributed by atoms with Gasteiger partial charge < -0.3 is 4.74 Å². The molecule has 0 aromatic heterocycles. The predicted octanol–water partition coefficient (Wildman–Crippen LogP) is 6.82. The third kappa shape index (κ3) is 3.29. The molecule has 0 bridgehead atoms. The second kappa shape index (κ2) is 7.05. The first-order valence-corrected chi connectivity index (χ1v) is 9.10. The van der Waals surface area contributed by atoms with Gasteiger partial charge in [0.25, 0.3) is 0 Å². The van der Waals surface area contributed by atoms with Crippen LogP contribution >= 0.6 is 11.6 Å². The number of rotatable bonds is 2. The fourth-order valence-electron chi connectivity index (χ4n) is 3.35. The lowest BCUT2D eigenvalue weighted by Gasteiger charge is -2.19. The summed E-state index contributed by atoms with van der Waals surface area (Å²) in [7, 11) is 0. The number of hydrogen-bond acceptors (Lipinski definition) is 1. The molecular formula is C24H18ClFO. The third-order valence-electron chi connectivity index (χ3n) is 4.79. The van der Waals surface area contributed by atoms with Crippen LogP contribution in [0.3, 0.4) is 0 Å². The molecule has 0 amide bonds. The fraction of sp³-hybridized carbons (Fsp3) is 0.0833. The minimum atomic E-state index is -0.274. The highest BCUT2D eigenvalue weighted by atomic mass is 35.5. The quantitative estimate of drug-likeness (QED) is 0.476.